The molecule has 0 aliphatic heterocycles. The van der Waals surface area contributed by atoms with Crippen molar-refractivity contribution in [2.24, 2.45) is 0 Å². The third-order valence-electron chi connectivity index (χ3n) is 2.08. The van der Waals surface area contributed by atoms with E-state index in [1.165, 1.54) is 7.11 Å². The lowest BCUT2D eigenvalue weighted by Gasteiger charge is -2.11. The summed E-state index contributed by atoms with van der Waals surface area (Å²) in [5.74, 6) is -0.975. The van der Waals surface area contributed by atoms with Crippen molar-refractivity contribution >= 4 is 17.6 Å². The van der Waals surface area contributed by atoms with E-state index in [9.17, 15) is 9.90 Å². The largest absolute Gasteiger partial charge is 0.503 e. The van der Waals surface area contributed by atoms with Gasteiger partial charge in [0.1, 0.15) is 0 Å². The highest BCUT2D eigenvalue weighted by atomic mass is 35.5. The van der Waals surface area contributed by atoms with Gasteiger partial charge in [0, 0.05) is 0 Å². The highest BCUT2D eigenvalue weighted by Gasteiger charge is 2.16. The van der Waals surface area contributed by atoms with Crippen LogP contribution in [0.4, 0.5) is 0 Å². The Labute approximate surface area is 92.1 Å². The molecule has 0 spiro atoms. The summed E-state index contributed by atoms with van der Waals surface area (Å²) in [4.78, 5) is 10.6. The first-order chi connectivity index (χ1) is 6.97. The molecule has 15 heavy (non-hydrogen) atoms. The van der Waals surface area contributed by atoms with Crippen LogP contribution in [0.15, 0.2) is 6.07 Å². The number of aliphatic carboxylic acids is 1. The first-order valence-electron chi connectivity index (χ1n) is 4.24. The van der Waals surface area contributed by atoms with Crippen LogP contribution in [0, 0.1) is 6.92 Å². The number of hydrogen-bond acceptors (Lipinski definition) is 3. The molecule has 0 fully saturated rings. The van der Waals surface area contributed by atoms with Crippen LogP contribution in [0.1, 0.15) is 11.1 Å². The number of carboxylic acid groups (broad SMARTS) is 1. The fraction of sp³-hybridized carbons (Fsp3) is 0.300. The van der Waals surface area contributed by atoms with Crippen LogP contribution in [0.25, 0.3) is 0 Å². The molecule has 0 aliphatic rings. The van der Waals surface area contributed by atoms with Gasteiger partial charge in [0.05, 0.1) is 18.6 Å². The number of phenols is 1. The van der Waals surface area contributed by atoms with Crippen LogP contribution in [0.2, 0.25) is 5.02 Å². The van der Waals surface area contributed by atoms with E-state index >= 15 is 0 Å². The van der Waals surface area contributed by atoms with Gasteiger partial charge in [0.25, 0.3) is 0 Å². The maximum Gasteiger partial charge on any atom is 0.307 e. The molecule has 0 amide bonds. The second kappa shape index (κ2) is 4.40. The molecule has 82 valence electrons. The average Bonchev–Trinajstić information content (AvgIpc) is 2.18. The summed E-state index contributed by atoms with van der Waals surface area (Å²) in [6.45, 7) is 1.71. The number of methoxy groups -OCH3 is 1. The predicted octanol–water partition coefficient (Wildman–Crippen LogP) is 1.99. The molecular weight excluding hydrogens is 220 g/mol. The number of aromatic hydroxyl groups is 1. The summed E-state index contributed by atoms with van der Waals surface area (Å²) in [6.07, 6.45) is -0.220. The number of hydrogen-bond donors (Lipinski definition) is 2. The number of carbonyl (C=O) groups is 1. The van der Waals surface area contributed by atoms with Gasteiger partial charge >= 0.3 is 5.97 Å². The van der Waals surface area contributed by atoms with E-state index in [4.69, 9.17) is 21.4 Å². The van der Waals surface area contributed by atoms with Crippen molar-refractivity contribution in [2.45, 2.75) is 13.3 Å². The molecule has 0 heterocycles. The molecule has 5 heteroatoms. The van der Waals surface area contributed by atoms with Gasteiger partial charge in [-0.1, -0.05) is 11.6 Å². The Morgan fingerprint density at radius 1 is 1.60 bits per heavy atom. The van der Waals surface area contributed by atoms with Gasteiger partial charge in [-0.15, -0.1) is 0 Å². The third kappa shape index (κ3) is 2.33. The van der Waals surface area contributed by atoms with Gasteiger partial charge < -0.3 is 14.9 Å². The SMILES string of the molecule is COc1cc(C)c(CC(=O)O)c(Cl)c1O. The van der Waals surface area contributed by atoms with Crippen molar-refractivity contribution in [1.82, 2.24) is 0 Å². The first-order valence-corrected chi connectivity index (χ1v) is 4.62. The minimum Gasteiger partial charge on any atom is -0.503 e. The molecule has 0 saturated heterocycles. The normalized spacial score (nSPS) is 10.1. The van der Waals surface area contributed by atoms with Crippen molar-refractivity contribution in [3.63, 3.8) is 0 Å². The molecule has 2 N–H and O–H groups in total. The number of aryl methyl sites for hydroxylation is 1. The van der Waals surface area contributed by atoms with Crippen molar-refractivity contribution < 1.29 is 19.7 Å². The maximum absolute atomic E-state index is 10.6. The minimum absolute atomic E-state index is 0.0363. The standard InChI is InChI=1S/C10H11ClO4/c1-5-3-7(15-2)10(14)9(11)6(5)4-8(12)13/h3,14H,4H2,1-2H3,(H,12,13). The summed E-state index contributed by atoms with van der Waals surface area (Å²) in [6, 6.07) is 1.56. The molecule has 0 unspecified atom stereocenters. The smallest absolute Gasteiger partial charge is 0.307 e. The number of ether oxygens (including phenoxy) is 1. The summed E-state index contributed by atoms with van der Waals surface area (Å²) in [7, 11) is 1.40. The Bertz CT molecular complexity index is 401. The van der Waals surface area contributed by atoms with Crippen LogP contribution in [0.5, 0.6) is 11.5 Å². The van der Waals surface area contributed by atoms with E-state index in [0.29, 0.717) is 11.1 Å². The average molecular weight is 231 g/mol. The Kier molecular flexibility index (Phi) is 3.42. The molecule has 0 atom stereocenters. The number of rotatable bonds is 3. The van der Waals surface area contributed by atoms with Crippen LogP contribution in [-0.4, -0.2) is 23.3 Å². The van der Waals surface area contributed by atoms with Crippen LogP contribution >= 0.6 is 11.6 Å². The lowest BCUT2D eigenvalue weighted by atomic mass is 10.0. The van der Waals surface area contributed by atoms with Gasteiger partial charge in [-0.05, 0) is 24.1 Å². The molecule has 1 aromatic rings. The van der Waals surface area contributed by atoms with Crippen LogP contribution < -0.4 is 4.74 Å². The van der Waals surface area contributed by atoms with E-state index in [1.807, 2.05) is 0 Å². The molecular formula is C10H11ClO4. The molecule has 0 bridgehead atoms. The lowest BCUT2D eigenvalue weighted by molar-refractivity contribution is -0.136. The van der Waals surface area contributed by atoms with Gasteiger partial charge in [0.15, 0.2) is 11.5 Å². The fourth-order valence-electron chi connectivity index (χ4n) is 1.30. The monoisotopic (exact) mass is 230 g/mol. The zero-order chi connectivity index (χ0) is 11.6. The second-order valence-electron chi connectivity index (χ2n) is 3.11. The zero-order valence-electron chi connectivity index (χ0n) is 8.37. The van der Waals surface area contributed by atoms with E-state index in [0.717, 1.165) is 0 Å². The van der Waals surface area contributed by atoms with E-state index in [2.05, 4.69) is 0 Å². The number of phenolic OH excluding ortho intramolecular Hbond substituents is 1. The van der Waals surface area contributed by atoms with E-state index in [1.54, 1.807) is 13.0 Å². The molecule has 0 aliphatic carbocycles. The Morgan fingerprint density at radius 2 is 2.20 bits per heavy atom. The summed E-state index contributed by atoms with van der Waals surface area (Å²) < 4.78 is 4.88. The van der Waals surface area contributed by atoms with E-state index in [-0.39, 0.29) is 22.9 Å². The maximum atomic E-state index is 10.6. The quantitative estimate of drug-likeness (QED) is 0.833. The Hall–Kier alpha value is -1.42. The van der Waals surface area contributed by atoms with Crippen molar-refractivity contribution in [2.75, 3.05) is 7.11 Å². The summed E-state index contributed by atoms with van der Waals surface area (Å²) >= 11 is 5.83. The summed E-state index contributed by atoms with van der Waals surface area (Å²) in [5.41, 5.74) is 1.08. The second-order valence-corrected chi connectivity index (χ2v) is 3.49. The number of carboxylic acids is 1. The highest BCUT2D eigenvalue weighted by molar-refractivity contribution is 6.33. The number of benzene rings is 1. The number of halogens is 1. The Balaban J connectivity index is 3.29. The van der Waals surface area contributed by atoms with E-state index < -0.39 is 5.97 Å². The van der Waals surface area contributed by atoms with Crippen molar-refractivity contribution in [3.05, 3.63) is 22.2 Å². The Morgan fingerprint density at radius 3 is 2.67 bits per heavy atom. The molecule has 1 aromatic carbocycles. The van der Waals surface area contributed by atoms with Crippen molar-refractivity contribution in [3.8, 4) is 11.5 Å². The molecule has 1 rings (SSSR count). The summed E-state index contributed by atoms with van der Waals surface area (Å²) in [5, 5.41) is 18.3. The van der Waals surface area contributed by atoms with Crippen molar-refractivity contribution in [1.29, 1.82) is 0 Å². The zero-order valence-corrected chi connectivity index (χ0v) is 9.13. The predicted molar refractivity (Wildman–Crippen MR) is 55.7 cm³/mol. The van der Waals surface area contributed by atoms with Gasteiger partial charge in [-0.2, -0.15) is 0 Å². The molecule has 4 nitrogen and oxygen atoms in total. The minimum atomic E-state index is -0.996. The molecule has 0 aromatic heterocycles. The van der Waals surface area contributed by atoms with Gasteiger partial charge in [-0.3, -0.25) is 4.79 Å². The molecule has 0 saturated carbocycles. The highest BCUT2D eigenvalue weighted by Crippen LogP contribution is 2.38. The van der Waals surface area contributed by atoms with Crippen LogP contribution in [-0.2, 0) is 11.2 Å². The van der Waals surface area contributed by atoms with Gasteiger partial charge in [0.2, 0.25) is 0 Å². The topological polar surface area (TPSA) is 66.8 Å². The molecule has 0 radical (unpaired) electrons. The third-order valence-corrected chi connectivity index (χ3v) is 2.48. The fourth-order valence-corrected chi connectivity index (χ4v) is 1.61. The van der Waals surface area contributed by atoms with Gasteiger partial charge in [-0.25, -0.2) is 0 Å². The van der Waals surface area contributed by atoms with Crippen LogP contribution in [0.3, 0.4) is 0 Å². The lowest BCUT2D eigenvalue weighted by Crippen LogP contribution is -2.03. The first kappa shape index (κ1) is 11.7.